The average Bonchev–Trinajstić information content (AvgIpc) is 2.37. The molecule has 110 valence electrons. The van der Waals surface area contributed by atoms with Gasteiger partial charge in [0.2, 0.25) is 0 Å². The first-order valence-electron chi connectivity index (χ1n) is 6.55. The van der Waals surface area contributed by atoms with Crippen molar-refractivity contribution in [2.75, 3.05) is 0 Å². The second kappa shape index (κ2) is 4.56. The molecule has 0 bridgehead atoms. The van der Waals surface area contributed by atoms with Crippen LogP contribution >= 0.6 is 0 Å². The molecule has 1 N–H and O–H groups in total. The van der Waals surface area contributed by atoms with Crippen molar-refractivity contribution in [2.45, 2.75) is 66.0 Å². The Morgan fingerprint density at radius 2 is 1.68 bits per heavy atom. The molecule has 0 radical (unpaired) electrons. The Kier molecular flexibility index (Phi) is 3.87. The van der Waals surface area contributed by atoms with Crippen molar-refractivity contribution in [2.24, 2.45) is 11.3 Å². The number of hydrogen-bond donors (Lipinski definition) is 1. The number of hydroxylamine groups is 2. The Balaban J connectivity index is 2.88. The summed E-state index contributed by atoms with van der Waals surface area (Å²) < 4.78 is 4.96. The molecule has 1 unspecified atom stereocenters. The molecule has 1 aliphatic rings. The fraction of sp³-hybridized carbons (Fsp3) is 0.857. The third kappa shape index (κ3) is 2.98. The van der Waals surface area contributed by atoms with Gasteiger partial charge in [-0.3, -0.25) is 9.59 Å². The van der Waals surface area contributed by atoms with Crippen molar-refractivity contribution in [1.29, 1.82) is 0 Å². The van der Waals surface area contributed by atoms with Crippen molar-refractivity contribution in [1.82, 2.24) is 5.06 Å². The maximum absolute atomic E-state index is 12.2. The first-order valence-corrected chi connectivity index (χ1v) is 6.55. The zero-order valence-corrected chi connectivity index (χ0v) is 12.9. The van der Waals surface area contributed by atoms with Crippen molar-refractivity contribution >= 4 is 11.9 Å². The predicted octanol–water partition coefficient (Wildman–Crippen LogP) is 2.37. The van der Waals surface area contributed by atoms with Crippen LogP contribution in [0.5, 0.6) is 0 Å². The van der Waals surface area contributed by atoms with Crippen LogP contribution in [0.4, 0.5) is 0 Å². The minimum Gasteiger partial charge on any atom is -0.392 e. The number of ether oxygens (including phenoxy) is 1. The molecule has 1 aliphatic heterocycles. The Morgan fingerprint density at radius 1 is 1.21 bits per heavy atom. The maximum Gasteiger partial charge on any atom is 0.318 e. The fourth-order valence-corrected chi connectivity index (χ4v) is 2.45. The molecule has 0 aliphatic carbocycles. The SMILES string of the molecule is CC(C)(C)C(=O)OC(=O)C1CC(C)(C)N(O)C1(C)C. The highest BCUT2D eigenvalue weighted by Gasteiger charge is 2.55. The molecule has 0 saturated carbocycles. The standard InChI is InChI=1S/C14H25NO4/c1-12(2,3)11(17)19-10(16)9-8-13(4,5)15(18)14(9,6)7/h9,18H,8H2,1-7H3. The van der Waals surface area contributed by atoms with E-state index in [1.165, 1.54) is 5.06 Å². The van der Waals surface area contributed by atoms with E-state index in [1.54, 1.807) is 34.6 Å². The zero-order chi connectivity index (χ0) is 15.2. The van der Waals surface area contributed by atoms with Crippen LogP contribution in [0.1, 0.15) is 54.9 Å². The van der Waals surface area contributed by atoms with Crippen LogP contribution in [0.2, 0.25) is 0 Å². The molecular weight excluding hydrogens is 246 g/mol. The van der Waals surface area contributed by atoms with Crippen LogP contribution in [0, 0.1) is 11.3 Å². The van der Waals surface area contributed by atoms with Gasteiger partial charge in [0.15, 0.2) is 0 Å². The van der Waals surface area contributed by atoms with Crippen molar-refractivity contribution in [3.05, 3.63) is 0 Å². The molecule has 5 nitrogen and oxygen atoms in total. The lowest BCUT2D eigenvalue weighted by Crippen LogP contribution is -2.48. The molecule has 0 aromatic carbocycles. The summed E-state index contributed by atoms with van der Waals surface area (Å²) in [5.41, 5.74) is -1.98. The molecular formula is C14H25NO4. The van der Waals surface area contributed by atoms with Gasteiger partial charge in [-0.1, -0.05) is 0 Å². The van der Waals surface area contributed by atoms with Crippen LogP contribution < -0.4 is 0 Å². The lowest BCUT2D eigenvalue weighted by Gasteiger charge is -2.35. The number of esters is 2. The number of hydrogen-bond acceptors (Lipinski definition) is 5. The van der Waals surface area contributed by atoms with Gasteiger partial charge in [-0.15, -0.1) is 0 Å². The molecule has 1 atom stereocenters. The van der Waals surface area contributed by atoms with Crippen LogP contribution in [-0.4, -0.2) is 33.3 Å². The average molecular weight is 271 g/mol. The van der Waals surface area contributed by atoms with Crippen LogP contribution in [0.25, 0.3) is 0 Å². The van der Waals surface area contributed by atoms with E-state index < -0.39 is 34.3 Å². The molecule has 1 rings (SSSR count). The smallest absolute Gasteiger partial charge is 0.318 e. The molecule has 1 saturated heterocycles. The summed E-state index contributed by atoms with van der Waals surface area (Å²) in [4.78, 5) is 23.9. The molecule has 5 heteroatoms. The van der Waals surface area contributed by atoms with E-state index in [4.69, 9.17) is 4.74 Å². The monoisotopic (exact) mass is 271 g/mol. The van der Waals surface area contributed by atoms with Gasteiger partial charge < -0.3 is 9.94 Å². The Morgan fingerprint density at radius 3 is 2.00 bits per heavy atom. The van der Waals surface area contributed by atoms with Gasteiger partial charge in [0.1, 0.15) is 0 Å². The van der Waals surface area contributed by atoms with Gasteiger partial charge in [-0.2, -0.15) is 5.06 Å². The molecule has 0 aromatic rings. The molecule has 1 fully saturated rings. The molecule has 19 heavy (non-hydrogen) atoms. The van der Waals surface area contributed by atoms with Crippen molar-refractivity contribution < 1.29 is 19.5 Å². The molecule has 0 amide bonds. The van der Waals surface area contributed by atoms with E-state index in [1.807, 2.05) is 13.8 Å². The van der Waals surface area contributed by atoms with Crippen LogP contribution in [0.3, 0.4) is 0 Å². The van der Waals surface area contributed by atoms with Gasteiger partial charge in [0.25, 0.3) is 0 Å². The van der Waals surface area contributed by atoms with E-state index in [0.717, 1.165) is 0 Å². The molecule has 0 aromatic heterocycles. The third-order valence-corrected chi connectivity index (χ3v) is 3.77. The minimum atomic E-state index is -0.751. The first kappa shape index (κ1) is 16.1. The second-order valence-corrected chi connectivity index (χ2v) is 7.49. The highest BCUT2D eigenvalue weighted by Crippen LogP contribution is 2.44. The van der Waals surface area contributed by atoms with Crippen LogP contribution in [-0.2, 0) is 14.3 Å². The summed E-state index contributed by atoms with van der Waals surface area (Å²) in [5, 5.41) is 11.3. The highest BCUT2D eigenvalue weighted by atomic mass is 16.6. The second-order valence-electron chi connectivity index (χ2n) is 7.49. The number of rotatable bonds is 1. The van der Waals surface area contributed by atoms with Gasteiger partial charge >= 0.3 is 11.9 Å². The molecule has 0 spiro atoms. The Bertz CT molecular complexity index is 393. The maximum atomic E-state index is 12.2. The normalized spacial score (nSPS) is 26.2. The fourth-order valence-electron chi connectivity index (χ4n) is 2.45. The predicted molar refractivity (Wildman–Crippen MR) is 70.4 cm³/mol. The first-order chi connectivity index (χ1) is 8.30. The quantitative estimate of drug-likeness (QED) is 0.586. The largest absolute Gasteiger partial charge is 0.392 e. The lowest BCUT2D eigenvalue weighted by molar-refractivity contribution is -0.200. The summed E-state index contributed by atoms with van der Waals surface area (Å²) in [6.07, 6.45) is 0.451. The van der Waals surface area contributed by atoms with Gasteiger partial charge in [0, 0.05) is 5.54 Å². The summed E-state index contributed by atoms with van der Waals surface area (Å²) in [6, 6.07) is 0. The minimum absolute atomic E-state index is 0.451. The number of carbonyl (C=O) groups is 2. The summed E-state index contributed by atoms with van der Waals surface area (Å²) in [6.45, 7) is 12.4. The summed E-state index contributed by atoms with van der Waals surface area (Å²) >= 11 is 0. The summed E-state index contributed by atoms with van der Waals surface area (Å²) in [7, 11) is 0. The topological polar surface area (TPSA) is 66.8 Å². The zero-order valence-electron chi connectivity index (χ0n) is 12.9. The van der Waals surface area contributed by atoms with Gasteiger partial charge in [-0.25, -0.2) is 0 Å². The van der Waals surface area contributed by atoms with E-state index in [9.17, 15) is 14.8 Å². The van der Waals surface area contributed by atoms with E-state index in [2.05, 4.69) is 0 Å². The number of nitrogens with zero attached hydrogens (tertiary/aromatic N) is 1. The van der Waals surface area contributed by atoms with Crippen LogP contribution in [0.15, 0.2) is 0 Å². The van der Waals surface area contributed by atoms with Gasteiger partial charge in [-0.05, 0) is 54.9 Å². The van der Waals surface area contributed by atoms with Gasteiger partial charge in [0.05, 0.1) is 16.9 Å². The Labute approximate surface area is 114 Å². The van der Waals surface area contributed by atoms with E-state index in [-0.39, 0.29) is 0 Å². The van der Waals surface area contributed by atoms with E-state index in [0.29, 0.717) is 6.42 Å². The van der Waals surface area contributed by atoms with E-state index >= 15 is 0 Å². The van der Waals surface area contributed by atoms with Crippen molar-refractivity contribution in [3.63, 3.8) is 0 Å². The number of carbonyl (C=O) groups excluding carboxylic acids is 2. The van der Waals surface area contributed by atoms with Crippen molar-refractivity contribution in [3.8, 4) is 0 Å². The third-order valence-electron chi connectivity index (χ3n) is 3.77. The lowest BCUT2D eigenvalue weighted by atomic mass is 9.87. The Hall–Kier alpha value is -0.940. The molecule has 1 heterocycles. The highest BCUT2D eigenvalue weighted by molar-refractivity contribution is 5.90. The summed E-state index contributed by atoms with van der Waals surface area (Å²) in [5.74, 6) is -1.63.